The fourth-order valence-electron chi connectivity index (χ4n) is 3.56. The summed E-state index contributed by atoms with van der Waals surface area (Å²) >= 11 is 6.09. The zero-order valence-corrected chi connectivity index (χ0v) is 19.1. The molecule has 33 heavy (non-hydrogen) atoms. The molecular formula is C24H22ClFN4O3. The number of fused-ring (bicyclic) bond motifs is 1. The maximum Gasteiger partial charge on any atom is 0.255 e. The largest absolute Gasteiger partial charge is 0.497 e. The first kappa shape index (κ1) is 22.5. The Kier molecular flexibility index (Phi) is 6.46. The summed E-state index contributed by atoms with van der Waals surface area (Å²) in [7, 11) is 4.79. The zero-order valence-electron chi connectivity index (χ0n) is 18.4. The molecule has 2 aromatic heterocycles. The fourth-order valence-corrected chi connectivity index (χ4v) is 3.78. The number of hydrogen-bond donors (Lipinski definition) is 0. The van der Waals surface area contributed by atoms with E-state index in [4.69, 9.17) is 21.1 Å². The summed E-state index contributed by atoms with van der Waals surface area (Å²) in [6.07, 6.45) is 3.15. The monoisotopic (exact) mass is 468 g/mol. The Morgan fingerprint density at radius 1 is 1.15 bits per heavy atom. The quantitative estimate of drug-likeness (QED) is 0.397. The van der Waals surface area contributed by atoms with E-state index >= 15 is 0 Å². The summed E-state index contributed by atoms with van der Waals surface area (Å²) in [5.41, 5.74) is 2.18. The van der Waals surface area contributed by atoms with Crippen molar-refractivity contribution in [1.82, 2.24) is 19.7 Å². The zero-order chi connectivity index (χ0) is 23.5. The van der Waals surface area contributed by atoms with Crippen molar-refractivity contribution in [3.05, 3.63) is 82.4 Å². The van der Waals surface area contributed by atoms with Crippen molar-refractivity contribution in [3.63, 3.8) is 0 Å². The van der Waals surface area contributed by atoms with Crippen LogP contribution in [0.2, 0.25) is 5.02 Å². The molecule has 0 radical (unpaired) electrons. The molecule has 0 aliphatic rings. The molecule has 4 rings (SSSR count). The second-order valence-electron chi connectivity index (χ2n) is 7.48. The average molecular weight is 469 g/mol. The molecule has 4 aromatic rings. The summed E-state index contributed by atoms with van der Waals surface area (Å²) in [4.78, 5) is 18.8. The molecule has 0 N–H and O–H groups in total. The van der Waals surface area contributed by atoms with Crippen LogP contribution in [-0.4, -0.2) is 46.8 Å². The summed E-state index contributed by atoms with van der Waals surface area (Å²) in [5, 5.41) is 5.41. The lowest BCUT2D eigenvalue weighted by Gasteiger charge is -2.18. The third kappa shape index (κ3) is 4.61. The number of carbonyl (C=O) groups is 1. The van der Waals surface area contributed by atoms with Crippen molar-refractivity contribution < 1.29 is 18.7 Å². The van der Waals surface area contributed by atoms with Crippen LogP contribution in [0.15, 0.2) is 54.9 Å². The van der Waals surface area contributed by atoms with Gasteiger partial charge in [0.1, 0.15) is 17.3 Å². The van der Waals surface area contributed by atoms with Gasteiger partial charge < -0.3 is 14.4 Å². The third-order valence-electron chi connectivity index (χ3n) is 5.34. The molecule has 0 saturated heterocycles. The van der Waals surface area contributed by atoms with E-state index in [1.807, 2.05) is 18.2 Å². The molecular weight excluding hydrogens is 447 g/mol. The summed E-state index contributed by atoms with van der Waals surface area (Å²) in [6, 6.07) is 11.7. The number of aromatic nitrogens is 3. The Hall–Kier alpha value is -3.65. The lowest BCUT2D eigenvalue weighted by atomic mass is 10.1. The molecule has 0 atom stereocenters. The van der Waals surface area contributed by atoms with Crippen molar-refractivity contribution in [2.24, 2.45) is 0 Å². The third-order valence-corrected chi connectivity index (χ3v) is 5.69. The molecule has 2 aromatic carbocycles. The number of rotatable bonds is 7. The van der Waals surface area contributed by atoms with E-state index in [9.17, 15) is 9.18 Å². The number of carbonyl (C=O) groups excluding carboxylic acids is 1. The highest BCUT2D eigenvalue weighted by molar-refractivity contribution is 6.31. The van der Waals surface area contributed by atoms with E-state index < -0.39 is 5.82 Å². The van der Waals surface area contributed by atoms with Crippen LogP contribution in [0.1, 0.15) is 21.5 Å². The molecule has 0 spiro atoms. The molecule has 1 amide bonds. The molecule has 0 fully saturated rings. The first-order chi connectivity index (χ1) is 15.9. The van der Waals surface area contributed by atoms with E-state index in [-0.39, 0.29) is 23.0 Å². The van der Waals surface area contributed by atoms with Crippen molar-refractivity contribution >= 4 is 28.5 Å². The second-order valence-corrected chi connectivity index (χ2v) is 7.89. The number of methoxy groups -OCH3 is 2. The Balaban J connectivity index is 1.56. The van der Waals surface area contributed by atoms with Crippen molar-refractivity contribution in [2.75, 3.05) is 21.3 Å². The summed E-state index contributed by atoms with van der Waals surface area (Å²) < 4.78 is 26.5. The summed E-state index contributed by atoms with van der Waals surface area (Å²) in [6.45, 7) is 0.474. The Morgan fingerprint density at radius 3 is 2.70 bits per heavy atom. The molecule has 7 nitrogen and oxygen atoms in total. The predicted molar refractivity (Wildman–Crippen MR) is 123 cm³/mol. The first-order valence-electron chi connectivity index (χ1n) is 10.1. The molecule has 2 heterocycles. The smallest absolute Gasteiger partial charge is 0.255 e. The normalized spacial score (nSPS) is 10.9. The molecule has 0 bridgehead atoms. The van der Waals surface area contributed by atoms with Crippen molar-refractivity contribution in [1.29, 1.82) is 0 Å². The van der Waals surface area contributed by atoms with Gasteiger partial charge in [-0.1, -0.05) is 17.7 Å². The van der Waals surface area contributed by atoms with Crippen LogP contribution < -0.4 is 9.47 Å². The average Bonchev–Trinajstić information content (AvgIpc) is 3.23. The van der Waals surface area contributed by atoms with Gasteiger partial charge in [0.2, 0.25) is 0 Å². The van der Waals surface area contributed by atoms with Crippen LogP contribution in [0, 0.1) is 5.82 Å². The molecule has 0 aliphatic carbocycles. The van der Waals surface area contributed by atoms with E-state index in [2.05, 4.69) is 10.1 Å². The Morgan fingerprint density at radius 2 is 1.97 bits per heavy atom. The standard InChI is InChI=1S/C24H22ClFN4O3/c1-29(14-19-20(25)5-4-6-21(19)26)24(31)17-9-16-12-28-30(23(16)27-11-17)13-15-7-8-18(32-2)10-22(15)33-3/h4-12H,13-14H2,1-3H3. The van der Waals surface area contributed by atoms with Gasteiger partial charge in [-0.2, -0.15) is 5.10 Å². The molecule has 170 valence electrons. The first-order valence-corrected chi connectivity index (χ1v) is 10.5. The highest BCUT2D eigenvalue weighted by atomic mass is 35.5. The lowest BCUT2D eigenvalue weighted by molar-refractivity contribution is 0.0783. The van der Waals surface area contributed by atoms with Gasteiger partial charge in [-0.05, 0) is 30.3 Å². The van der Waals surface area contributed by atoms with Crippen molar-refractivity contribution in [3.8, 4) is 11.5 Å². The maximum atomic E-state index is 14.1. The Labute approximate surface area is 195 Å². The highest BCUT2D eigenvalue weighted by Crippen LogP contribution is 2.26. The SMILES string of the molecule is COc1ccc(Cn2ncc3cc(C(=O)N(C)Cc4c(F)cccc4Cl)cnc32)c(OC)c1. The molecule has 9 heteroatoms. The van der Waals surface area contributed by atoms with Gasteiger partial charge in [0.25, 0.3) is 5.91 Å². The molecule has 0 saturated carbocycles. The van der Waals surface area contributed by atoms with Gasteiger partial charge in [-0.15, -0.1) is 0 Å². The molecule has 0 unspecified atom stereocenters. The number of ether oxygens (including phenoxy) is 2. The topological polar surface area (TPSA) is 69.5 Å². The van der Waals surface area contributed by atoms with Crippen LogP contribution in [0.4, 0.5) is 4.39 Å². The van der Waals surface area contributed by atoms with Gasteiger partial charge in [-0.25, -0.2) is 14.1 Å². The minimum atomic E-state index is -0.453. The van der Waals surface area contributed by atoms with Crippen LogP contribution in [0.5, 0.6) is 11.5 Å². The van der Waals surface area contributed by atoms with E-state index in [0.717, 1.165) is 5.56 Å². The number of nitrogens with zero attached hydrogens (tertiary/aromatic N) is 4. The van der Waals surface area contributed by atoms with Crippen LogP contribution in [0.3, 0.4) is 0 Å². The van der Waals surface area contributed by atoms with Gasteiger partial charge in [0.15, 0.2) is 5.65 Å². The molecule has 0 aliphatic heterocycles. The number of halogens is 2. The lowest BCUT2D eigenvalue weighted by Crippen LogP contribution is -2.27. The number of hydrogen-bond acceptors (Lipinski definition) is 5. The maximum absolute atomic E-state index is 14.1. The van der Waals surface area contributed by atoms with Crippen molar-refractivity contribution in [2.45, 2.75) is 13.1 Å². The van der Waals surface area contributed by atoms with Crippen LogP contribution in [-0.2, 0) is 13.1 Å². The fraction of sp³-hybridized carbons (Fsp3) is 0.208. The van der Waals surface area contributed by atoms with Gasteiger partial charge in [0, 0.05) is 47.4 Å². The number of pyridine rings is 1. The van der Waals surface area contributed by atoms with E-state index in [1.54, 1.807) is 44.3 Å². The van der Waals surface area contributed by atoms with Gasteiger partial charge in [-0.3, -0.25) is 4.79 Å². The second kappa shape index (κ2) is 9.46. The number of benzene rings is 2. The van der Waals surface area contributed by atoms with Gasteiger partial charge in [0.05, 0.1) is 32.5 Å². The minimum absolute atomic E-state index is 0.0406. The van der Waals surface area contributed by atoms with E-state index in [0.29, 0.717) is 34.6 Å². The Bertz CT molecular complexity index is 1300. The summed E-state index contributed by atoms with van der Waals surface area (Å²) in [5.74, 6) is 0.625. The van der Waals surface area contributed by atoms with Gasteiger partial charge >= 0.3 is 0 Å². The predicted octanol–water partition coefficient (Wildman–Crippen LogP) is 4.56. The minimum Gasteiger partial charge on any atom is -0.497 e. The van der Waals surface area contributed by atoms with Crippen LogP contribution >= 0.6 is 11.6 Å². The number of amides is 1. The van der Waals surface area contributed by atoms with Crippen LogP contribution in [0.25, 0.3) is 11.0 Å². The highest BCUT2D eigenvalue weighted by Gasteiger charge is 2.18. The van der Waals surface area contributed by atoms with E-state index in [1.165, 1.54) is 23.2 Å².